The van der Waals surface area contributed by atoms with Crippen LogP contribution in [0.4, 0.5) is 13.2 Å². The van der Waals surface area contributed by atoms with Crippen LogP contribution in [0.2, 0.25) is 0 Å². The number of fused-ring (bicyclic) bond motifs is 1. The van der Waals surface area contributed by atoms with Crippen LogP contribution in [0.25, 0.3) is 22.4 Å². The Morgan fingerprint density at radius 3 is 2.33 bits per heavy atom. The van der Waals surface area contributed by atoms with E-state index in [0.717, 1.165) is 29.0 Å². The number of rotatable bonds is 9. The van der Waals surface area contributed by atoms with Crippen LogP contribution in [-0.4, -0.2) is 39.7 Å². The van der Waals surface area contributed by atoms with Gasteiger partial charge in [-0.15, -0.1) is 6.42 Å². The normalized spacial score (nSPS) is 12.1. The van der Waals surface area contributed by atoms with Gasteiger partial charge in [-0.1, -0.05) is 42.3 Å². The highest BCUT2D eigenvalue weighted by atomic mass is 19.4. The number of esters is 1. The second-order valence-electron chi connectivity index (χ2n) is 9.08. The summed E-state index contributed by atoms with van der Waals surface area (Å²) in [7, 11) is 0. The van der Waals surface area contributed by atoms with E-state index in [1.807, 2.05) is 36.4 Å². The van der Waals surface area contributed by atoms with Gasteiger partial charge in [-0.3, -0.25) is 9.69 Å². The molecule has 3 aromatic carbocycles. The van der Waals surface area contributed by atoms with E-state index in [1.165, 1.54) is 24.3 Å². The number of carbonyl (C=O) groups excluding carboxylic acids is 1. The van der Waals surface area contributed by atoms with E-state index < -0.39 is 17.8 Å². The van der Waals surface area contributed by atoms with Gasteiger partial charge in [0.2, 0.25) is 0 Å². The Balaban J connectivity index is 1.41. The molecule has 0 bridgehead atoms. The lowest BCUT2D eigenvalue weighted by Crippen LogP contribution is -2.57. The van der Waals surface area contributed by atoms with Gasteiger partial charge in [-0.2, -0.15) is 13.2 Å². The molecule has 0 unspecified atom stereocenters. The zero-order valence-electron chi connectivity index (χ0n) is 21.3. The highest BCUT2D eigenvalue weighted by molar-refractivity contribution is 5.81. The van der Waals surface area contributed by atoms with Crippen molar-refractivity contribution in [3.63, 3.8) is 0 Å². The third kappa shape index (κ3) is 6.12. The minimum atomic E-state index is -4.81. The largest absolute Gasteiger partial charge is 0.426 e. The number of nitrogens with zero attached hydrogens (tertiary/aromatic N) is 3. The molecule has 0 spiro atoms. The molecule has 0 saturated heterocycles. The Morgan fingerprint density at radius 1 is 1.05 bits per heavy atom. The molecule has 10 heteroatoms. The van der Waals surface area contributed by atoms with E-state index in [9.17, 15) is 18.0 Å². The molecule has 0 fully saturated rings. The first-order valence-electron chi connectivity index (χ1n) is 12.2. The summed E-state index contributed by atoms with van der Waals surface area (Å²) >= 11 is 0. The minimum Gasteiger partial charge on any atom is -0.426 e. The Kier molecular flexibility index (Phi) is 8.06. The number of aryl methyl sites for hydroxylation is 1. The van der Waals surface area contributed by atoms with Gasteiger partial charge in [0, 0.05) is 18.7 Å². The van der Waals surface area contributed by atoms with Crippen molar-refractivity contribution in [2.75, 3.05) is 13.1 Å². The molecule has 1 aromatic heterocycles. The molecule has 4 rings (SSSR count). The number of ether oxygens (including phenoxy) is 1. The number of alkyl halides is 3. The maximum atomic E-state index is 13.1. The highest BCUT2D eigenvalue weighted by Gasteiger charge is 2.50. The fraction of sp³-hybridized carbons (Fsp3) is 0.241. The van der Waals surface area contributed by atoms with Gasteiger partial charge >= 0.3 is 12.1 Å². The van der Waals surface area contributed by atoms with Gasteiger partial charge in [0.05, 0.1) is 24.1 Å². The minimum absolute atomic E-state index is 0.125. The maximum Gasteiger partial charge on any atom is 0.423 e. The Hall–Kier alpha value is -4.17. The highest BCUT2D eigenvalue weighted by Crippen LogP contribution is 2.32. The summed E-state index contributed by atoms with van der Waals surface area (Å²) < 4.78 is 46.9. The third-order valence-corrected chi connectivity index (χ3v) is 6.29. The van der Waals surface area contributed by atoms with E-state index in [2.05, 4.69) is 17.4 Å². The molecule has 202 valence electrons. The zero-order valence-corrected chi connectivity index (χ0v) is 21.3. The fourth-order valence-corrected chi connectivity index (χ4v) is 4.24. The number of halogens is 3. The molecule has 0 amide bonds. The SMILES string of the molecule is C#CCN(CC(=O)Oc1ccc(-c2nc3ccccc3n2CC)cc1)Cc1ccc(C(N)(N)C(F)(F)F)cc1. The second kappa shape index (κ2) is 11.3. The zero-order chi connectivity index (χ0) is 28.2. The van der Waals surface area contributed by atoms with Crippen molar-refractivity contribution in [1.82, 2.24) is 14.5 Å². The van der Waals surface area contributed by atoms with Crippen molar-refractivity contribution in [2.45, 2.75) is 31.9 Å². The van der Waals surface area contributed by atoms with Crippen LogP contribution in [0.15, 0.2) is 72.8 Å². The summed E-state index contributed by atoms with van der Waals surface area (Å²) in [6.07, 6.45) is 0.646. The standard InChI is InChI=1S/C29H28F3N5O2/c1-3-17-36(18-20-9-13-22(14-10-20)28(33,34)29(30,31)32)19-26(38)39-23-15-11-21(12-16-23)27-35-24-7-5-6-8-25(24)37(27)4-2/h1,5-16H,4,17-19,33-34H2,2H3. The molecule has 0 radical (unpaired) electrons. The van der Waals surface area contributed by atoms with Crippen LogP contribution in [-0.2, 0) is 23.5 Å². The predicted octanol–water partition coefficient (Wildman–Crippen LogP) is 4.40. The fourth-order valence-electron chi connectivity index (χ4n) is 4.24. The molecule has 0 saturated carbocycles. The number of terminal acetylenes is 1. The number of hydrogen-bond acceptors (Lipinski definition) is 6. The molecule has 0 atom stereocenters. The van der Waals surface area contributed by atoms with Crippen LogP contribution in [0.1, 0.15) is 18.1 Å². The Labute approximate surface area is 224 Å². The lowest BCUT2D eigenvalue weighted by atomic mass is 9.99. The number of hydrogen-bond donors (Lipinski definition) is 2. The second-order valence-corrected chi connectivity index (χ2v) is 9.08. The number of nitrogens with two attached hydrogens (primary N) is 2. The van der Waals surface area contributed by atoms with Gasteiger partial charge in [0.15, 0.2) is 5.66 Å². The first kappa shape index (κ1) is 27.9. The topological polar surface area (TPSA) is 99.4 Å². The van der Waals surface area contributed by atoms with Gasteiger partial charge in [0.25, 0.3) is 0 Å². The summed E-state index contributed by atoms with van der Waals surface area (Å²) in [4.78, 5) is 19.0. The first-order chi connectivity index (χ1) is 18.5. The van der Waals surface area contributed by atoms with Crippen molar-refractivity contribution in [2.24, 2.45) is 11.5 Å². The lowest BCUT2D eigenvalue weighted by Gasteiger charge is -2.28. The van der Waals surface area contributed by atoms with Gasteiger partial charge < -0.3 is 20.8 Å². The molecule has 0 aliphatic carbocycles. The molecule has 39 heavy (non-hydrogen) atoms. The number of imidazole rings is 1. The van der Waals surface area contributed by atoms with Crippen molar-refractivity contribution in [1.29, 1.82) is 0 Å². The first-order valence-corrected chi connectivity index (χ1v) is 12.2. The van der Waals surface area contributed by atoms with Crippen molar-refractivity contribution in [3.8, 4) is 29.5 Å². The molecule has 4 N–H and O–H groups in total. The van der Waals surface area contributed by atoms with E-state index in [1.54, 1.807) is 17.0 Å². The number of benzene rings is 3. The molecule has 7 nitrogen and oxygen atoms in total. The molecular formula is C29H28F3N5O2. The quantitative estimate of drug-likeness (QED) is 0.143. The Morgan fingerprint density at radius 2 is 1.72 bits per heavy atom. The average molecular weight is 536 g/mol. The number of aromatic nitrogens is 2. The van der Waals surface area contributed by atoms with E-state index in [0.29, 0.717) is 11.3 Å². The smallest absolute Gasteiger partial charge is 0.423 e. The Bertz CT molecular complexity index is 1490. The van der Waals surface area contributed by atoms with Crippen LogP contribution in [0.3, 0.4) is 0 Å². The van der Waals surface area contributed by atoms with Crippen LogP contribution < -0.4 is 16.2 Å². The maximum absolute atomic E-state index is 13.1. The predicted molar refractivity (Wildman–Crippen MR) is 143 cm³/mol. The molecule has 1 heterocycles. The van der Waals surface area contributed by atoms with Crippen molar-refractivity contribution in [3.05, 3.63) is 83.9 Å². The van der Waals surface area contributed by atoms with Crippen molar-refractivity contribution >= 4 is 17.0 Å². The molecular weight excluding hydrogens is 507 g/mol. The van der Waals surface area contributed by atoms with Crippen LogP contribution >= 0.6 is 0 Å². The van der Waals surface area contributed by atoms with E-state index in [4.69, 9.17) is 27.6 Å². The van der Waals surface area contributed by atoms with E-state index >= 15 is 0 Å². The summed E-state index contributed by atoms with van der Waals surface area (Å²) in [5.74, 6) is 3.13. The molecule has 0 aliphatic heterocycles. The summed E-state index contributed by atoms with van der Waals surface area (Å²) in [5.41, 5.74) is 10.8. The monoisotopic (exact) mass is 535 g/mol. The van der Waals surface area contributed by atoms with Crippen molar-refractivity contribution < 1.29 is 22.7 Å². The van der Waals surface area contributed by atoms with Gasteiger partial charge in [-0.05, 0) is 54.4 Å². The summed E-state index contributed by atoms with van der Waals surface area (Å²) in [5, 5.41) is 0. The van der Waals surface area contributed by atoms with Crippen LogP contribution in [0.5, 0.6) is 5.75 Å². The van der Waals surface area contributed by atoms with Gasteiger partial charge in [-0.25, -0.2) is 4.98 Å². The lowest BCUT2D eigenvalue weighted by molar-refractivity contribution is -0.188. The number of carbonyl (C=O) groups is 1. The summed E-state index contributed by atoms with van der Waals surface area (Å²) in [6.45, 7) is 3.01. The number of para-hydroxylation sites is 2. The van der Waals surface area contributed by atoms with Crippen LogP contribution in [0, 0.1) is 12.3 Å². The van der Waals surface area contributed by atoms with E-state index in [-0.39, 0.29) is 25.2 Å². The molecule has 4 aromatic rings. The molecule has 0 aliphatic rings. The van der Waals surface area contributed by atoms with Gasteiger partial charge in [0.1, 0.15) is 11.6 Å². The average Bonchev–Trinajstić information content (AvgIpc) is 3.27. The summed E-state index contributed by atoms with van der Waals surface area (Å²) in [6, 6.07) is 20.3. The third-order valence-electron chi connectivity index (χ3n) is 6.29.